The molecule has 9 nitrogen and oxygen atoms in total. The molecule has 0 fully saturated rings. The molecule has 0 aliphatic heterocycles. The van der Waals surface area contributed by atoms with Crippen LogP contribution < -0.4 is 9.62 Å². The van der Waals surface area contributed by atoms with Gasteiger partial charge < -0.3 is 4.74 Å². The van der Waals surface area contributed by atoms with E-state index in [0.29, 0.717) is 14.5 Å². The van der Waals surface area contributed by atoms with Crippen LogP contribution in [0.2, 0.25) is 0 Å². The first-order valence-electron chi connectivity index (χ1n) is 7.25. The summed E-state index contributed by atoms with van der Waals surface area (Å²) in [5.41, 5.74) is 0.355. The third-order valence-corrected chi connectivity index (χ3v) is 6.56. The number of halogens is 1. The summed E-state index contributed by atoms with van der Waals surface area (Å²) in [6.45, 7) is -0.417. The van der Waals surface area contributed by atoms with Gasteiger partial charge in [-0.25, -0.2) is 8.42 Å². The zero-order valence-corrected chi connectivity index (χ0v) is 18.2. The lowest BCUT2D eigenvalue weighted by Crippen LogP contribution is -2.37. The van der Waals surface area contributed by atoms with Crippen LogP contribution in [0.25, 0.3) is 0 Å². The molecule has 27 heavy (non-hydrogen) atoms. The Hall–Kier alpha value is -1.70. The molecule has 2 aromatic rings. The number of anilines is 2. The maximum absolute atomic E-state index is 12.3. The predicted molar refractivity (Wildman–Crippen MR) is 108 cm³/mol. The Morgan fingerprint density at radius 1 is 1.37 bits per heavy atom. The van der Waals surface area contributed by atoms with Crippen molar-refractivity contribution in [3.63, 3.8) is 0 Å². The molecule has 0 unspecified atom stereocenters. The third-order valence-electron chi connectivity index (χ3n) is 2.98. The number of aromatic nitrogens is 2. The monoisotopic (exact) mass is 494 g/mol. The van der Waals surface area contributed by atoms with Crippen molar-refractivity contribution in [3.05, 3.63) is 28.7 Å². The number of hydrogen-bond donors (Lipinski definition) is 1. The number of thioether (sulfide) groups is 1. The van der Waals surface area contributed by atoms with E-state index in [1.165, 1.54) is 7.11 Å². The van der Waals surface area contributed by atoms with E-state index in [0.717, 1.165) is 33.7 Å². The molecule has 0 bridgehead atoms. The highest BCUT2D eigenvalue weighted by Gasteiger charge is 2.22. The summed E-state index contributed by atoms with van der Waals surface area (Å²) in [5.74, 6) is -0.899. The second-order valence-corrected chi connectivity index (χ2v) is 10.1. The molecule has 13 heteroatoms. The molecule has 0 saturated carbocycles. The van der Waals surface area contributed by atoms with Crippen molar-refractivity contribution in [1.29, 1.82) is 0 Å². The summed E-state index contributed by atoms with van der Waals surface area (Å²) in [4.78, 5) is 23.4. The van der Waals surface area contributed by atoms with Gasteiger partial charge in [-0.15, -0.1) is 10.2 Å². The smallest absolute Gasteiger partial charge is 0.316 e. The fourth-order valence-electron chi connectivity index (χ4n) is 1.82. The van der Waals surface area contributed by atoms with Crippen LogP contribution in [0.3, 0.4) is 0 Å². The van der Waals surface area contributed by atoms with E-state index in [-0.39, 0.29) is 10.9 Å². The molecule has 0 spiro atoms. The first kappa shape index (κ1) is 21.6. The average molecular weight is 495 g/mol. The van der Waals surface area contributed by atoms with Crippen molar-refractivity contribution in [3.8, 4) is 0 Å². The zero-order chi connectivity index (χ0) is 20.0. The molecule has 0 aliphatic rings. The molecule has 1 aromatic carbocycles. The molecule has 1 amide bonds. The van der Waals surface area contributed by atoms with E-state index in [1.54, 1.807) is 24.3 Å². The van der Waals surface area contributed by atoms with Crippen molar-refractivity contribution in [2.45, 2.75) is 4.34 Å². The van der Waals surface area contributed by atoms with Crippen LogP contribution in [0.1, 0.15) is 0 Å². The quantitative estimate of drug-likeness (QED) is 0.336. The normalized spacial score (nSPS) is 11.1. The van der Waals surface area contributed by atoms with Crippen molar-refractivity contribution in [2.24, 2.45) is 0 Å². The first-order valence-corrected chi connectivity index (χ1v) is 11.7. The van der Waals surface area contributed by atoms with Gasteiger partial charge in [0, 0.05) is 4.47 Å². The van der Waals surface area contributed by atoms with Gasteiger partial charge in [-0.2, -0.15) is 0 Å². The van der Waals surface area contributed by atoms with Gasteiger partial charge in [-0.05, 0) is 18.2 Å². The minimum absolute atomic E-state index is 0.0732. The number of benzene rings is 1. The SMILES string of the molecule is COC(=O)CSc1nnc(NC(=O)CN(c2cccc(Br)c2)S(C)(=O)=O)s1. The molecule has 1 heterocycles. The van der Waals surface area contributed by atoms with Crippen LogP contribution in [0.15, 0.2) is 33.1 Å². The molecule has 0 atom stereocenters. The van der Waals surface area contributed by atoms with Crippen LogP contribution in [0, 0.1) is 0 Å². The van der Waals surface area contributed by atoms with Crippen molar-refractivity contribution < 1.29 is 22.7 Å². The lowest BCUT2D eigenvalue weighted by Gasteiger charge is -2.21. The maximum Gasteiger partial charge on any atom is 0.316 e. The molecule has 1 aromatic heterocycles. The van der Waals surface area contributed by atoms with Crippen LogP contribution >= 0.6 is 39.0 Å². The average Bonchev–Trinajstić information content (AvgIpc) is 3.03. The number of sulfonamides is 1. The first-order chi connectivity index (χ1) is 12.7. The summed E-state index contributed by atoms with van der Waals surface area (Å²) in [5, 5.41) is 10.4. The highest BCUT2D eigenvalue weighted by molar-refractivity contribution is 9.10. The fourth-order valence-corrected chi connectivity index (χ4v) is 4.65. The summed E-state index contributed by atoms with van der Waals surface area (Å²) in [7, 11) is -2.39. The molecule has 0 radical (unpaired) electrons. The molecular formula is C14H15BrN4O5S3. The van der Waals surface area contributed by atoms with E-state index in [9.17, 15) is 18.0 Å². The van der Waals surface area contributed by atoms with Crippen molar-refractivity contribution in [2.75, 3.05) is 35.3 Å². The second-order valence-electron chi connectivity index (χ2n) is 5.04. The Kier molecular flexibility index (Phi) is 7.59. The van der Waals surface area contributed by atoms with Gasteiger partial charge in [-0.3, -0.25) is 19.2 Å². The lowest BCUT2D eigenvalue weighted by molar-refractivity contribution is -0.137. The minimum atomic E-state index is -3.67. The van der Waals surface area contributed by atoms with Gasteiger partial charge in [0.05, 0.1) is 24.8 Å². The predicted octanol–water partition coefficient (Wildman–Crippen LogP) is 1.97. The van der Waals surface area contributed by atoms with Gasteiger partial charge in [0.25, 0.3) is 0 Å². The number of carbonyl (C=O) groups is 2. The Labute approximate surface area is 172 Å². The highest BCUT2D eigenvalue weighted by Crippen LogP contribution is 2.26. The van der Waals surface area contributed by atoms with E-state index in [2.05, 4.69) is 36.2 Å². The summed E-state index contributed by atoms with van der Waals surface area (Å²) in [6.07, 6.45) is 1.02. The van der Waals surface area contributed by atoms with Gasteiger partial charge in [0.15, 0.2) is 4.34 Å². The van der Waals surface area contributed by atoms with Crippen LogP contribution in [-0.2, 0) is 24.3 Å². The third kappa shape index (κ3) is 6.75. The number of rotatable bonds is 8. The van der Waals surface area contributed by atoms with Crippen molar-refractivity contribution >= 4 is 71.7 Å². The number of esters is 1. The van der Waals surface area contributed by atoms with E-state index >= 15 is 0 Å². The summed E-state index contributed by atoms with van der Waals surface area (Å²) in [6, 6.07) is 6.61. The van der Waals surface area contributed by atoms with Gasteiger partial charge >= 0.3 is 5.97 Å². The zero-order valence-electron chi connectivity index (χ0n) is 14.2. The van der Waals surface area contributed by atoms with E-state index in [4.69, 9.17) is 0 Å². The maximum atomic E-state index is 12.3. The topological polar surface area (TPSA) is 119 Å². The van der Waals surface area contributed by atoms with Gasteiger partial charge in [0.1, 0.15) is 6.54 Å². The van der Waals surface area contributed by atoms with Gasteiger partial charge in [0.2, 0.25) is 21.1 Å². The molecule has 1 N–H and O–H groups in total. The highest BCUT2D eigenvalue weighted by atomic mass is 79.9. The second kappa shape index (κ2) is 9.48. The van der Waals surface area contributed by atoms with Crippen molar-refractivity contribution in [1.82, 2.24) is 10.2 Å². The number of amides is 1. The minimum Gasteiger partial charge on any atom is -0.468 e. The number of ether oxygens (including phenoxy) is 1. The van der Waals surface area contributed by atoms with E-state index < -0.39 is 28.4 Å². The van der Waals surface area contributed by atoms with E-state index in [1.807, 2.05) is 0 Å². The molecule has 146 valence electrons. The molecule has 2 rings (SSSR count). The number of methoxy groups -OCH3 is 1. The Bertz CT molecular complexity index is 934. The number of hydrogen-bond acceptors (Lipinski definition) is 9. The number of nitrogens with zero attached hydrogens (tertiary/aromatic N) is 3. The largest absolute Gasteiger partial charge is 0.468 e. The number of nitrogens with one attached hydrogen (secondary N) is 1. The van der Waals surface area contributed by atoms with Crippen LogP contribution in [0.5, 0.6) is 0 Å². The summed E-state index contributed by atoms with van der Waals surface area (Å²) >= 11 is 5.47. The van der Waals surface area contributed by atoms with Gasteiger partial charge in [-0.1, -0.05) is 45.1 Å². The fraction of sp³-hybridized carbons (Fsp3) is 0.286. The Balaban J connectivity index is 2.04. The summed E-state index contributed by atoms with van der Waals surface area (Å²) < 4.78 is 30.8. The Morgan fingerprint density at radius 2 is 2.11 bits per heavy atom. The molecular weight excluding hydrogens is 480 g/mol. The standard InChI is InChI=1S/C14H15BrN4O5S3/c1-24-12(21)8-25-14-18-17-13(26-14)16-11(20)7-19(27(2,22)23)10-5-3-4-9(15)6-10/h3-6H,7-8H2,1-2H3,(H,16,17,20). The Morgan fingerprint density at radius 3 is 2.74 bits per heavy atom. The van der Waals surface area contributed by atoms with Crippen LogP contribution in [-0.4, -0.2) is 56.2 Å². The number of carbonyl (C=O) groups excluding carboxylic acids is 2. The lowest BCUT2D eigenvalue weighted by atomic mass is 10.3. The molecule has 0 aliphatic carbocycles. The van der Waals surface area contributed by atoms with Crippen LogP contribution in [0.4, 0.5) is 10.8 Å². The molecule has 0 saturated heterocycles.